The van der Waals surface area contributed by atoms with Crippen molar-refractivity contribution in [2.24, 2.45) is 5.41 Å². The van der Waals surface area contributed by atoms with Crippen molar-refractivity contribution >= 4 is 22.8 Å². The van der Waals surface area contributed by atoms with Gasteiger partial charge in [0.05, 0.1) is 13.2 Å². The summed E-state index contributed by atoms with van der Waals surface area (Å²) < 4.78 is 16.7. The number of esters is 2. The monoisotopic (exact) mass is 447 g/mol. The van der Waals surface area contributed by atoms with Gasteiger partial charge in [0.15, 0.2) is 5.41 Å². The molecule has 0 saturated heterocycles. The maximum Gasteiger partial charge on any atom is 0.323 e. The van der Waals surface area contributed by atoms with Crippen LogP contribution in [0.25, 0.3) is 10.9 Å². The Kier molecular flexibility index (Phi) is 6.54. The summed E-state index contributed by atoms with van der Waals surface area (Å²) in [6, 6.07) is 15.8. The molecule has 33 heavy (non-hydrogen) atoms. The Morgan fingerprint density at radius 3 is 2.42 bits per heavy atom. The Hall–Kier alpha value is -3.54. The van der Waals surface area contributed by atoms with Gasteiger partial charge in [0.2, 0.25) is 0 Å². The molecule has 1 aliphatic carbocycles. The normalized spacial score (nSPS) is 16.6. The number of fused-ring (bicyclic) bond motifs is 3. The predicted octanol–water partition coefficient (Wildman–Crippen LogP) is 5.08. The number of allylic oxidation sites excluding steroid dienone is 1. The molecule has 0 aliphatic heterocycles. The molecular weight excluding hydrogens is 418 g/mol. The van der Waals surface area contributed by atoms with Crippen LogP contribution in [0, 0.1) is 5.41 Å². The maximum atomic E-state index is 13.1. The molecule has 4 rings (SSSR count). The molecule has 0 saturated carbocycles. The quantitative estimate of drug-likeness (QED) is 0.296. The number of carbonyl (C=O) groups is 2. The lowest BCUT2D eigenvalue weighted by Crippen LogP contribution is -2.47. The van der Waals surface area contributed by atoms with Gasteiger partial charge in [-0.05, 0) is 49.6 Å². The van der Waals surface area contributed by atoms with Crippen molar-refractivity contribution in [3.05, 3.63) is 78.0 Å². The molecule has 0 fully saturated rings. The van der Waals surface area contributed by atoms with Crippen LogP contribution in [0.2, 0.25) is 0 Å². The number of hydrogen-bond acceptors (Lipinski definition) is 5. The van der Waals surface area contributed by atoms with E-state index in [9.17, 15) is 9.59 Å². The molecule has 0 spiro atoms. The van der Waals surface area contributed by atoms with Gasteiger partial charge in [0.25, 0.3) is 0 Å². The fraction of sp³-hybridized carbons (Fsp3) is 0.333. The van der Waals surface area contributed by atoms with Crippen molar-refractivity contribution in [2.45, 2.75) is 39.2 Å². The molecular formula is C27H29NO5. The largest absolute Gasteiger partial charge is 0.489 e. The molecule has 0 amide bonds. The minimum absolute atomic E-state index is 0.191. The summed E-state index contributed by atoms with van der Waals surface area (Å²) in [5.74, 6) is -0.603. The molecule has 1 heterocycles. The van der Waals surface area contributed by atoms with Crippen molar-refractivity contribution in [1.82, 2.24) is 4.98 Å². The number of hydrogen-bond donors (Lipinski definition) is 1. The summed E-state index contributed by atoms with van der Waals surface area (Å²) >= 11 is 0. The van der Waals surface area contributed by atoms with Crippen LogP contribution < -0.4 is 4.74 Å². The number of H-pyrrole nitrogens is 1. The van der Waals surface area contributed by atoms with Gasteiger partial charge in [-0.25, -0.2) is 0 Å². The second-order valence-corrected chi connectivity index (χ2v) is 8.25. The Morgan fingerprint density at radius 1 is 1.09 bits per heavy atom. The van der Waals surface area contributed by atoms with E-state index in [4.69, 9.17) is 14.2 Å². The number of rotatable bonds is 8. The number of aromatic amines is 1. The zero-order valence-corrected chi connectivity index (χ0v) is 19.1. The number of benzene rings is 2. The van der Waals surface area contributed by atoms with Gasteiger partial charge in [-0.2, -0.15) is 0 Å². The van der Waals surface area contributed by atoms with E-state index in [1.165, 1.54) is 0 Å². The minimum atomic E-state index is -1.41. The Bertz CT molecular complexity index is 1150. The van der Waals surface area contributed by atoms with Crippen molar-refractivity contribution in [3.63, 3.8) is 0 Å². The van der Waals surface area contributed by atoms with Gasteiger partial charge in [0.1, 0.15) is 12.4 Å². The molecule has 1 aliphatic rings. The number of nitrogens with one attached hydrogen (secondary N) is 1. The summed E-state index contributed by atoms with van der Waals surface area (Å²) in [4.78, 5) is 29.7. The zero-order chi connectivity index (χ0) is 23.4. The maximum absolute atomic E-state index is 13.1. The van der Waals surface area contributed by atoms with E-state index in [1.807, 2.05) is 48.5 Å². The Morgan fingerprint density at radius 2 is 1.79 bits per heavy atom. The zero-order valence-electron chi connectivity index (χ0n) is 19.1. The summed E-state index contributed by atoms with van der Waals surface area (Å²) in [6.07, 6.45) is 2.23. The molecule has 1 atom stereocenters. The molecule has 1 unspecified atom stereocenters. The highest BCUT2D eigenvalue weighted by molar-refractivity contribution is 6.02. The standard InChI is InChI=1S/C27H29NO5/c1-4-19-15-27(25(29)31-5-2,26(30)32-6-3)16-22-21-14-20(12-13-23(21)28-24(19)22)33-17-18-10-8-7-9-11-18/h4,7-14,19,28H,1,5-6,15-17H2,2-3H3. The summed E-state index contributed by atoms with van der Waals surface area (Å²) in [5, 5.41) is 0.917. The highest BCUT2D eigenvalue weighted by atomic mass is 16.6. The van der Waals surface area contributed by atoms with Crippen LogP contribution in [0.1, 0.15) is 43.0 Å². The lowest BCUT2D eigenvalue weighted by atomic mass is 9.68. The second kappa shape index (κ2) is 9.53. The first-order valence-electron chi connectivity index (χ1n) is 11.3. The van der Waals surface area contributed by atoms with Crippen LogP contribution in [0.5, 0.6) is 5.75 Å². The lowest BCUT2D eigenvalue weighted by molar-refractivity contribution is -0.173. The molecule has 2 aromatic carbocycles. The predicted molar refractivity (Wildman–Crippen MR) is 126 cm³/mol. The average Bonchev–Trinajstić information content (AvgIpc) is 3.20. The van der Waals surface area contributed by atoms with E-state index in [-0.39, 0.29) is 32.0 Å². The van der Waals surface area contributed by atoms with E-state index in [2.05, 4.69) is 11.6 Å². The van der Waals surface area contributed by atoms with Crippen LogP contribution >= 0.6 is 0 Å². The number of carbonyl (C=O) groups excluding carboxylic acids is 2. The topological polar surface area (TPSA) is 77.6 Å². The Labute approximate surface area is 193 Å². The molecule has 0 bridgehead atoms. The first kappa shape index (κ1) is 22.6. The Balaban J connectivity index is 1.74. The first-order chi connectivity index (χ1) is 16.0. The second-order valence-electron chi connectivity index (χ2n) is 8.25. The fourth-order valence-corrected chi connectivity index (χ4v) is 4.57. The van der Waals surface area contributed by atoms with Gasteiger partial charge in [-0.15, -0.1) is 6.58 Å². The molecule has 1 N–H and O–H groups in total. The SMILES string of the molecule is C=CC1CC(C(=O)OCC)(C(=O)OCC)Cc2c1[nH]c1ccc(OCc3ccccc3)cc21. The van der Waals surface area contributed by atoms with Crippen LogP contribution in [0.15, 0.2) is 61.2 Å². The van der Waals surface area contributed by atoms with E-state index in [0.29, 0.717) is 12.4 Å². The molecule has 6 heteroatoms. The summed E-state index contributed by atoms with van der Waals surface area (Å²) in [6.45, 7) is 8.26. The van der Waals surface area contributed by atoms with Gasteiger partial charge in [0, 0.05) is 28.9 Å². The smallest absolute Gasteiger partial charge is 0.323 e. The first-order valence-corrected chi connectivity index (χ1v) is 11.3. The van der Waals surface area contributed by atoms with E-state index in [0.717, 1.165) is 27.7 Å². The highest BCUT2D eigenvalue weighted by Gasteiger charge is 2.53. The third-order valence-electron chi connectivity index (χ3n) is 6.19. The van der Waals surface area contributed by atoms with Crippen LogP contribution in [0.4, 0.5) is 0 Å². The van der Waals surface area contributed by atoms with Gasteiger partial charge in [-0.3, -0.25) is 9.59 Å². The molecule has 0 radical (unpaired) electrons. The van der Waals surface area contributed by atoms with E-state index >= 15 is 0 Å². The lowest BCUT2D eigenvalue weighted by Gasteiger charge is -2.35. The van der Waals surface area contributed by atoms with Gasteiger partial charge >= 0.3 is 11.9 Å². The van der Waals surface area contributed by atoms with Crippen LogP contribution in [-0.4, -0.2) is 30.1 Å². The summed E-state index contributed by atoms with van der Waals surface area (Å²) in [7, 11) is 0. The third kappa shape index (κ3) is 4.25. The molecule has 6 nitrogen and oxygen atoms in total. The average molecular weight is 448 g/mol. The van der Waals surface area contributed by atoms with Crippen molar-refractivity contribution in [2.75, 3.05) is 13.2 Å². The van der Waals surface area contributed by atoms with Crippen LogP contribution in [-0.2, 0) is 32.1 Å². The van der Waals surface area contributed by atoms with Gasteiger partial charge in [-0.1, -0.05) is 36.4 Å². The minimum Gasteiger partial charge on any atom is -0.489 e. The van der Waals surface area contributed by atoms with E-state index in [1.54, 1.807) is 19.9 Å². The number of ether oxygens (including phenoxy) is 3. The van der Waals surface area contributed by atoms with Crippen LogP contribution in [0.3, 0.4) is 0 Å². The van der Waals surface area contributed by atoms with Crippen molar-refractivity contribution < 1.29 is 23.8 Å². The van der Waals surface area contributed by atoms with E-state index < -0.39 is 17.4 Å². The fourth-order valence-electron chi connectivity index (χ4n) is 4.57. The highest BCUT2D eigenvalue weighted by Crippen LogP contribution is 2.47. The summed E-state index contributed by atoms with van der Waals surface area (Å²) in [5.41, 5.74) is 2.44. The number of aromatic nitrogens is 1. The molecule has 3 aromatic rings. The molecule has 1 aromatic heterocycles. The van der Waals surface area contributed by atoms with Gasteiger partial charge < -0.3 is 19.2 Å². The molecule has 172 valence electrons. The van der Waals surface area contributed by atoms with Crippen molar-refractivity contribution in [3.8, 4) is 5.75 Å². The van der Waals surface area contributed by atoms with Crippen molar-refractivity contribution in [1.29, 1.82) is 0 Å². The third-order valence-corrected chi connectivity index (χ3v) is 6.19.